The second-order valence-electron chi connectivity index (χ2n) is 7.32. The van der Waals surface area contributed by atoms with Gasteiger partial charge in [0.2, 0.25) is 10.0 Å². The van der Waals surface area contributed by atoms with Gasteiger partial charge < -0.3 is 14.7 Å². The second kappa shape index (κ2) is 9.36. The quantitative estimate of drug-likeness (QED) is 0.521. The minimum Gasteiger partial charge on any atom is -0.508 e. The monoisotopic (exact) mass is 442 g/mol. The number of sulfonamides is 1. The summed E-state index contributed by atoms with van der Waals surface area (Å²) in [7, 11) is -0.256. The number of carbonyl (C=O) groups excluding carboxylic acids is 1. The Bertz CT molecular complexity index is 1170. The minimum absolute atomic E-state index is 0.0875. The molecule has 0 aromatic heterocycles. The molecule has 0 aliphatic rings. The Morgan fingerprint density at radius 2 is 1.68 bits per heavy atom. The number of ether oxygens (including phenoxy) is 1. The number of hydrogen-bond donors (Lipinski definition) is 2. The van der Waals surface area contributed by atoms with Gasteiger partial charge in [0.15, 0.2) is 0 Å². The lowest BCUT2D eigenvalue weighted by molar-refractivity contribution is -0.145. The van der Waals surface area contributed by atoms with Crippen LogP contribution in [0.2, 0.25) is 0 Å². The van der Waals surface area contributed by atoms with E-state index in [9.17, 15) is 18.3 Å². The van der Waals surface area contributed by atoms with Crippen LogP contribution >= 0.6 is 0 Å². The Hall–Kier alpha value is -3.10. The molecule has 0 unspecified atom stereocenters. The maximum absolute atomic E-state index is 13.3. The van der Waals surface area contributed by atoms with Crippen LogP contribution in [0.1, 0.15) is 12.5 Å². The van der Waals surface area contributed by atoms with Crippen LogP contribution in [-0.4, -0.2) is 46.2 Å². The third-order valence-electron chi connectivity index (χ3n) is 4.88. The molecule has 0 heterocycles. The number of rotatable bonds is 8. The lowest BCUT2D eigenvalue weighted by Gasteiger charge is -2.20. The topological polar surface area (TPSA) is 95.9 Å². The van der Waals surface area contributed by atoms with E-state index < -0.39 is 22.0 Å². The lowest BCUT2D eigenvalue weighted by Crippen LogP contribution is -2.43. The molecule has 2 N–H and O–H groups in total. The fourth-order valence-corrected chi connectivity index (χ4v) is 4.83. The smallest absolute Gasteiger partial charge is 0.324 e. The fourth-order valence-electron chi connectivity index (χ4n) is 3.42. The van der Waals surface area contributed by atoms with Gasteiger partial charge >= 0.3 is 5.97 Å². The third kappa shape index (κ3) is 5.15. The van der Waals surface area contributed by atoms with Gasteiger partial charge in [-0.25, -0.2) is 8.42 Å². The maximum atomic E-state index is 13.3. The van der Waals surface area contributed by atoms with Crippen molar-refractivity contribution in [2.24, 2.45) is 0 Å². The summed E-state index contributed by atoms with van der Waals surface area (Å²) in [6.07, 6.45) is 0.0893. The van der Waals surface area contributed by atoms with E-state index in [0.29, 0.717) is 10.9 Å². The minimum atomic E-state index is -4.04. The predicted octanol–water partition coefficient (Wildman–Crippen LogP) is 3.06. The van der Waals surface area contributed by atoms with Gasteiger partial charge in [-0.3, -0.25) is 4.79 Å². The van der Waals surface area contributed by atoms with E-state index in [0.717, 1.165) is 11.1 Å². The molecule has 3 aromatic carbocycles. The van der Waals surface area contributed by atoms with Gasteiger partial charge in [0, 0.05) is 30.6 Å². The second-order valence-corrected chi connectivity index (χ2v) is 9.00. The van der Waals surface area contributed by atoms with Gasteiger partial charge in [-0.15, -0.1) is 0 Å². The van der Waals surface area contributed by atoms with E-state index in [1.165, 1.54) is 18.2 Å². The fraction of sp³-hybridized carbons (Fsp3) is 0.261. The SMILES string of the molecule is CCOC(=O)[C@H](Cc1ccc(O)cc1)NS(=O)(=O)c1cccc2c(N(C)C)cccc12. The van der Waals surface area contributed by atoms with Crippen LogP contribution in [0.15, 0.2) is 65.6 Å². The highest BCUT2D eigenvalue weighted by Crippen LogP contribution is 2.30. The summed E-state index contributed by atoms with van der Waals surface area (Å²) in [6, 6.07) is 15.7. The van der Waals surface area contributed by atoms with Gasteiger partial charge in [-0.05, 0) is 43.2 Å². The average Bonchev–Trinajstić information content (AvgIpc) is 2.73. The van der Waals surface area contributed by atoms with E-state index in [1.54, 1.807) is 37.3 Å². The van der Waals surface area contributed by atoms with E-state index >= 15 is 0 Å². The van der Waals surface area contributed by atoms with Crippen molar-refractivity contribution in [2.75, 3.05) is 25.6 Å². The number of esters is 1. The molecule has 1 atom stereocenters. The first-order chi connectivity index (χ1) is 14.7. The normalized spacial score (nSPS) is 12.5. The van der Waals surface area contributed by atoms with E-state index in [2.05, 4.69) is 4.72 Å². The Morgan fingerprint density at radius 3 is 2.32 bits per heavy atom. The number of hydrogen-bond acceptors (Lipinski definition) is 6. The Kier molecular flexibility index (Phi) is 6.82. The van der Waals surface area contributed by atoms with E-state index in [-0.39, 0.29) is 23.7 Å². The molecule has 0 amide bonds. The lowest BCUT2D eigenvalue weighted by atomic mass is 10.1. The summed E-state index contributed by atoms with van der Waals surface area (Å²) in [5, 5.41) is 10.8. The van der Waals surface area contributed by atoms with E-state index in [1.807, 2.05) is 31.1 Å². The van der Waals surface area contributed by atoms with Crippen LogP contribution in [0.5, 0.6) is 5.75 Å². The molecule has 0 spiro atoms. The highest BCUT2D eigenvalue weighted by Gasteiger charge is 2.28. The number of phenols is 1. The van der Waals surface area contributed by atoms with Crippen molar-refractivity contribution in [1.82, 2.24) is 4.72 Å². The number of benzene rings is 3. The molecule has 0 bridgehead atoms. The van der Waals surface area contributed by atoms with Gasteiger partial charge in [-0.2, -0.15) is 4.72 Å². The first-order valence-corrected chi connectivity index (χ1v) is 11.4. The summed E-state index contributed by atoms with van der Waals surface area (Å²) >= 11 is 0. The van der Waals surface area contributed by atoms with Gasteiger partial charge in [0.25, 0.3) is 0 Å². The van der Waals surface area contributed by atoms with Crippen LogP contribution < -0.4 is 9.62 Å². The summed E-state index contributed by atoms with van der Waals surface area (Å²) in [5.41, 5.74) is 1.58. The average molecular weight is 443 g/mol. The van der Waals surface area contributed by atoms with Crippen molar-refractivity contribution in [2.45, 2.75) is 24.3 Å². The Balaban J connectivity index is 1.99. The molecule has 8 heteroatoms. The molecular weight excluding hydrogens is 416 g/mol. The predicted molar refractivity (Wildman–Crippen MR) is 121 cm³/mol. The molecule has 0 saturated heterocycles. The van der Waals surface area contributed by atoms with Crippen LogP contribution in [-0.2, 0) is 26.0 Å². The van der Waals surface area contributed by atoms with Crippen molar-refractivity contribution in [1.29, 1.82) is 0 Å². The van der Waals surface area contributed by atoms with E-state index in [4.69, 9.17) is 4.74 Å². The summed E-state index contributed by atoms with van der Waals surface area (Å²) in [5.74, 6) is -0.571. The molecule has 31 heavy (non-hydrogen) atoms. The number of anilines is 1. The first-order valence-electron chi connectivity index (χ1n) is 9.89. The summed E-state index contributed by atoms with van der Waals surface area (Å²) < 4.78 is 34.3. The van der Waals surface area contributed by atoms with Crippen LogP contribution in [0.3, 0.4) is 0 Å². The molecule has 164 valence electrons. The van der Waals surface area contributed by atoms with Crippen molar-refractivity contribution in [3.8, 4) is 5.75 Å². The standard InChI is InChI=1S/C23H26N2O5S/c1-4-30-23(27)20(15-16-11-13-17(26)14-12-16)24-31(28,29)22-10-6-7-18-19(22)8-5-9-21(18)25(2)3/h5-14,20,24,26H,4,15H2,1-3H3/t20-/m0/s1. The largest absolute Gasteiger partial charge is 0.508 e. The van der Waals surface area contributed by atoms with Crippen molar-refractivity contribution in [3.63, 3.8) is 0 Å². The highest BCUT2D eigenvalue weighted by atomic mass is 32.2. The highest BCUT2D eigenvalue weighted by molar-refractivity contribution is 7.89. The van der Waals surface area contributed by atoms with Crippen LogP contribution in [0, 0.1) is 0 Å². The van der Waals surface area contributed by atoms with Crippen molar-refractivity contribution in [3.05, 3.63) is 66.2 Å². The number of nitrogens with one attached hydrogen (secondary N) is 1. The third-order valence-corrected chi connectivity index (χ3v) is 6.40. The first kappa shape index (κ1) is 22.6. The zero-order valence-electron chi connectivity index (χ0n) is 17.7. The zero-order valence-corrected chi connectivity index (χ0v) is 18.5. The summed E-state index contributed by atoms with van der Waals surface area (Å²) in [4.78, 5) is 14.5. The molecule has 0 aliphatic heterocycles. The molecule has 0 saturated carbocycles. The van der Waals surface area contributed by atoms with Crippen LogP contribution in [0.25, 0.3) is 10.8 Å². The molecule has 3 rings (SSSR count). The number of aromatic hydroxyl groups is 1. The van der Waals surface area contributed by atoms with Crippen LogP contribution in [0.4, 0.5) is 5.69 Å². The Labute approximate surface area is 182 Å². The number of nitrogens with zero attached hydrogens (tertiary/aromatic N) is 1. The Morgan fingerprint density at radius 1 is 1.03 bits per heavy atom. The number of fused-ring (bicyclic) bond motifs is 1. The zero-order chi connectivity index (χ0) is 22.6. The maximum Gasteiger partial charge on any atom is 0.324 e. The number of carbonyl (C=O) groups is 1. The molecule has 0 radical (unpaired) electrons. The molecule has 0 fully saturated rings. The summed E-state index contributed by atoms with van der Waals surface area (Å²) in [6.45, 7) is 1.80. The molecule has 3 aromatic rings. The molecular formula is C23H26N2O5S. The van der Waals surface area contributed by atoms with Crippen molar-refractivity contribution >= 4 is 32.5 Å². The van der Waals surface area contributed by atoms with Crippen molar-refractivity contribution < 1.29 is 23.1 Å². The van der Waals surface area contributed by atoms with Gasteiger partial charge in [0.1, 0.15) is 11.8 Å². The molecule has 0 aliphatic carbocycles. The molecule has 7 nitrogen and oxygen atoms in total. The van der Waals surface area contributed by atoms with Gasteiger partial charge in [-0.1, -0.05) is 36.4 Å². The number of phenolic OH excluding ortho intramolecular Hbond substituents is 1. The van der Waals surface area contributed by atoms with Gasteiger partial charge in [0.05, 0.1) is 11.5 Å².